The third-order valence-corrected chi connectivity index (χ3v) is 8.84. The second-order valence-electron chi connectivity index (χ2n) is 11.6. The first-order chi connectivity index (χ1) is 31.3. The predicted molar refractivity (Wildman–Crippen MR) is 208 cm³/mol. The van der Waals surface area contributed by atoms with Crippen LogP contribution in [0.3, 0.4) is 0 Å². The van der Waals surface area contributed by atoms with Crippen molar-refractivity contribution in [2.24, 2.45) is 0 Å². The quantitative estimate of drug-likeness (QED) is 0.175. The largest absolute Gasteiger partial charge is 0.456 e. The first kappa shape index (κ1) is 15.6. The molecule has 9 aromatic carbocycles. The van der Waals surface area contributed by atoms with E-state index in [1.54, 1.807) is 18.2 Å². The smallest absolute Gasteiger partial charge is 0.136 e. The van der Waals surface area contributed by atoms with Crippen LogP contribution >= 0.6 is 0 Å². The Hall–Kier alpha value is -6.44. The van der Waals surface area contributed by atoms with Gasteiger partial charge < -0.3 is 4.42 Å². The topological polar surface area (TPSA) is 13.1 Å². The van der Waals surface area contributed by atoms with Gasteiger partial charge in [0.25, 0.3) is 0 Å². The van der Waals surface area contributed by atoms with Gasteiger partial charge in [-0.2, -0.15) is 0 Å². The van der Waals surface area contributed by atoms with Gasteiger partial charge in [-0.15, -0.1) is 0 Å². The average molecular weight is 640 g/mol. The van der Waals surface area contributed by atoms with Crippen molar-refractivity contribution in [3.8, 4) is 44.5 Å². The molecule has 0 bridgehead atoms. The molecule has 228 valence electrons. The molecular formula is C48H30O. The van der Waals surface area contributed by atoms with Crippen LogP contribution in [0.25, 0.3) is 98.8 Å². The molecule has 10 aromatic rings. The summed E-state index contributed by atoms with van der Waals surface area (Å²) in [5.41, 5.74) is 0.943. The standard InChI is InChI=1S/C48H30O/c1-2-11-33(12-3-1)47-40-14-6-8-16-42(40)48(43-17-9-7-15-41(43)47)34-21-18-32(19-22-34)37-25-27-45-44(29-37)39-26-24-38(30-46(39)49-45)36-23-20-31-10-4-5-13-35(31)28-36/h1-30H/i1D,2D,3D,6D,7D,8D,9D,11D,12D,14D,15D,16D,17D,18D,19D,21D,22D. The van der Waals surface area contributed by atoms with E-state index in [-0.39, 0.29) is 11.1 Å². The van der Waals surface area contributed by atoms with Gasteiger partial charge in [0.15, 0.2) is 0 Å². The number of rotatable bonds is 4. The van der Waals surface area contributed by atoms with Gasteiger partial charge >= 0.3 is 0 Å². The second kappa shape index (κ2) is 11.1. The molecule has 49 heavy (non-hydrogen) atoms. The number of benzene rings is 9. The lowest BCUT2D eigenvalue weighted by Crippen LogP contribution is -1.90. The lowest BCUT2D eigenvalue weighted by atomic mass is 9.86. The summed E-state index contributed by atoms with van der Waals surface area (Å²) in [6, 6.07) is 11.8. The summed E-state index contributed by atoms with van der Waals surface area (Å²) in [5, 5.41) is 1.48. The van der Waals surface area contributed by atoms with Gasteiger partial charge in [0.2, 0.25) is 0 Å². The van der Waals surface area contributed by atoms with Crippen LogP contribution in [0, 0.1) is 0 Å². The monoisotopic (exact) mass is 639 g/mol. The molecule has 0 saturated heterocycles. The van der Waals surface area contributed by atoms with E-state index in [1.807, 2.05) is 54.6 Å². The fourth-order valence-corrected chi connectivity index (χ4v) is 6.56. The molecule has 0 aliphatic rings. The van der Waals surface area contributed by atoms with Crippen LogP contribution in [-0.4, -0.2) is 0 Å². The molecule has 0 atom stereocenters. The third-order valence-electron chi connectivity index (χ3n) is 8.84. The van der Waals surface area contributed by atoms with Crippen LogP contribution in [0.2, 0.25) is 0 Å². The Morgan fingerprint density at radius 3 is 1.55 bits per heavy atom. The Morgan fingerprint density at radius 1 is 0.327 bits per heavy atom. The zero-order valence-corrected chi connectivity index (χ0v) is 25.4. The van der Waals surface area contributed by atoms with Crippen molar-refractivity contribution >= 4 is 54.3 Å². The Kier molecular flexibility index (Phi) is 3.54. The summed E-state index contributed by atoms with van der Waals surface area (Å²) in [7, 11) is 0. The van der Waals surface area contributed by atoms with Gasteiger partial charge in [0.05, 0.1) is 23.3 Å². The van der Waals surface area contributed by atoms with E-state index >= 15 is 0 Å². The molecule has 0 radical (unpaired) electrons. The summed E-state index contributed by atoms with van der Waals surface area (Å²) < 4.78 is 159. The van der Waals surface area contributed by atoms with E-state index in [0.29, 0.717) is 16.6 Å². The summed E-state index contributed by atoms with van der Waals surface area (Å²) in [6.07, 6.45) is 0. The highest BCUT2D eigenvalue weighted by atomic mass is 16.3. The molecule has 0 saturated carbocycles. The molecule has 1 heteroatoms. The SMILES string of the molecule is [2H]c1c([2H])c([2H])c(-c2c3c([2H])c([2H])c([2H])c([2H])c3c(-c3c([2H])c([2H])c(-c4ccc5oc6cc(-c7ccc8ccccc8c7)ccc6c5c4)c([2H])c3[2H])c3c([2H])c([2H])c([2H])c([2H])c23)c([2H])c1[2H]. The second-order valence-corrected chi connectivity index (χ2v) is 11.6. The van der Waals surface area contributed by atoms with Gasteiger partial charge in [-0.05, 0) is 107 Å². The highest BCUT2D eigenvalue weighted by Crippen LogP contribution is 2.44. The molecular weight excluding hydrogens is 593 g/mol. The van der Waals surface area contributed by atoms with Gasteiger partial charge in [0.1, 0.15) is 11.2 Å². The predicted octanol–water partition coefficient (Wildman–Crippen LogP) is 13.7. The minimum atomic E-state index is -0.825. The van der Waals surface area contributed by atoms with Crippen molar-refractivity contribution in [1.82, 2.24) is 0 Å². The van der Waals surface area contributed by atoms with E-state index in [9.17, 15) is 11.0 Å². The summed E-state index contributed by atoms with van der Waals surface area (Å²) in [5.74, 6) is 0. The molecule has 1 heterocycles. The molecule has 0 amide bonds. The fraction of sp³-hybridized carbons (Fsp3) is 0. The third kappa shape index (κ3) is 4.55. The van der Waals surface area contributed by atoms with Gasteiger partial charge in [-0.1, -0.05) is 151 Å². The zero-order valence-electron chi connectivity index (χ0n) is 42.4. The Labute approximate surface area is 308 Å². The number of hydrogen-bond acceptors (Lipinski definition) is 1. The van der Waals surface area contributed by atoms with E-state index in [0.717, 1.165) is 27.3 Å². The first-order valence-corrected chi connectivity index (χ1v) is 15.4. The Morgan fingerprint density at radius 2 is 0.857 bits per heavy atom. The highest BCUT2D eigenvalue weighted by molar-refractivity contribution is 6.21. The van der Waals surface area contributed by atoms with Crippen LogP contribution in [0.15, 0.2) is 186 Å². The molecule has 10 rings (SSSR count). The normalized spacial score (nSPS) is 16.5. The molecule has 0 aliphatic heterocycles. The van der Waals surface area contributed by atoms with Crippen LogP contribution in [0.4, 0.5) is 0 Å². The summed E-state index contributed by atoms with van der Waals surface area (Å²) >= 11 is 0. The minimum Gasteiger partial charge on any atom is -0.456 e. The average Bonchev–Trinajstić information content (AvgIpc) is 3.69. The summed E-state index contributed by atoms with van der Waals surface area (Å²) in [6.45, 7) is 0. The van der Waals surface area contributed by atoms with Crippen LogP contribution in [-0.2, 0) is 0 Å². The van der Waals surface area contributed by atoms with Crippen molar-refractivity contribution in [3.63, 3.8) is 0 Å². The van der Waals surface area contributed by atoms with E-state index in [2.05, 4.69) is 6.07 Å². The molecule has 0 aliphatic carbocycles. The summed E-state index contributed by atoms with van der Waals surface area (Å²) in [4.78, 5) is 0. The fourth-order valence-electron chi connectivity index (χ4n) is 6.56. The highest BCUT2D eigenvalue weighted by Gasteiger charge is 2.17. The van der Waals surface area contributed by atoms with E-state index in [4.69, 9.17) is 16.8 Å². The molecule has 0 fully saturated rings. The maximum atomic E-state index is 9.51. The zero-order chi connectivity index (χ0) is 47.1. The number of fused-ring (bicyclic) bond motifs is 6. The van der Waals surface area contributed by atoms with Gasteiger partial charge in [0, 0.05) is 10.8 Å². The molecule has 0 N–H and O–H groups in total. The van der Waals surface area contributed by atoms with Crippen molar-refractivity contribution in [1.29, 1.82) is 0 Å². The van der Waals surface area contributed by atoms with Crippen LogP contribution < -0.4 is 0 Å². The van der Waals surface area contributed by atoms with Crippen LogP contribution in [0.5, 0.6) is 0 Å². The Bertz CT molecular complexity index is 3720. The lowest BCUT2D eigenvalue weighted by Gasteiger charge is -2.18. The molecule has 0 unspecified atom stereocenters. The molecule has 0 spiro atoms. The number of hydrogen-bond donors (Lipinski definition) is 0. The van der Waals surface area contributed by atoms with Crippen molar-refractivity contribution < 1.29 is 27.7 Å². The minimum absolute atomic E-state index is 0.133. The maximum absolute atomic E-state index is 9.51. The number of furan rings is 1. The van der Waals surface area contributed by atoms with Crippen LogP contribution in [0.1, 0.15) is 23.3 Å². The van der Waals surface area contributed by atoms with E-state index in [1.165, 1.54) is 0 Å². The van der Waals surface area contributed by atoms with E-state index < -0.39 is 147 Å². The van der Waals surface area contributed by atoms with Gasteiger partial charge in [-0.25, -0.2) is 0 Å². The van der Waals surface area contributed by atoms with Crippen molar-refractivity contribution in [3.05, 3.63) is 182 Å². The molecule has 1 aromatic heterocycles. The van der Waals surface area contributed by atoms with Crippen molar-refractivity contribution in [2.75, 3.05) is 0 Å². The maximum Gasteiger partial charge on any atom is 0.136 e. The van der Waals surface area contributed by atoms with Gasteiger partial charge in [-0.3, -0.25) is 0 Å². The first-order valence-electron chi connectivity index (χ1n) is 23.9. The van der Waals surface area contributed by atoms with Crippen molar-refractivity contribution in [2.45, 2.75) is 0 Å². The Balaban J connectivity index is 1.26. The lowest BCUT2D eigenvalue weighted by molar-refractivity contribution is 0.669. The molecule has 1 nitrogen and oxygen atoms in total.